The van der Waals surface area contributed by atoms with Crippen LogP contribution in [0, 0.1) is 0 Å². The number of pyridine rings is 1. The molecule has 1 aromatic heterocycles. The fraction of sp³-hybridized carbons (Fsp3) is 0.0833. The number of rotatable bonds is 3. The van der Waals surface area contributed by atoms with E-state index < -0.39 is 0 Å². The zero-order valence-corrected chi connectivity index (χ0v) is 8.83. The Morgan fingerprint density at radius 1 is 1.40 bits per heavy atom. The first-order valence-electron chi connectivity index (χ1n) is 5.11. The molecule has 2 nitrogen and oxygen atoms in total. The second-order valence-corrected chi connectivity index (χ2v) is 3.34. The number of hydrogen-bond donors (Lipinski definition) is 1. The van der Waals surface area contributed by atoms with E-state index in [-0.39, 0.29) is 0 Å². The van der Waals surface area contributed by atoms with Crippen LogP contribution < -0.4 is 5.23 Å². The van der Waals surface area contributed by atoms with Crippen molar-refractivity contribution in [1.82, 2.24) is 4.98 Å². The van der Waals surface area contributed by atoms with Crippen LogP contribution in [-0.2, 0) is 0 Å². The van der Waals surface area contributed by atoms with Crippen LogP contribution in [0.25, 0.3) is 17.0 Å². The number of nitrogens with zero attached hydrogens (tertiary/aromatic N) is 1. The van der Waals surface area contributed by atoms with Gasteiger partial charge >= 0.3 is 0 Å². The highest BCUT2D eigenvalue weighted by Crippen LogP contribution is 2.24. The van der Waals surface area contributed by atoms with Gasteiger partial charge in [-0.2, -0.15) is 0 Å². The van der Waals surface area contributed by atoms with Gasteiger partial charge in [-0.25, -0.2) is 0 Å². The van der Waals surface area contributed by atoms with E-state index in [1.54, 1.807) is 0 Å². The van der Waals surface area contributed by atoms with Gasteiger partial charge in [-0.3, -0.25) is 4.98 Å². The Labute approximate surface area is 90.3 Å². The molecule has 2 aromatic rings. The van der Waals surface area contributed by atoms with Crippen LogP contribution in [0.15, 0.2) is 37.0 Å². The van der Waals surface area contributed by atoms with Crippen molar-refractivity contribution in [2.75, 3.05) is 5.23 Å². The molecule has 1 heterocycles. The largest absolute Gasteiger partial charge is 0.429 e. The zero-order valence-electron chi connectivity index (χ0n) is 8.83. The SMILES string of the molecule is C=Cc1ccnc2c(NBC)cccc12. The average Bonchev–Trinajstić information content (AvgIpc) is 2.29. The maximum Gasteiger partial charge on any atom is 0.229 e. The van der Waals surface area contributed by atoms with Crippen LogP contribution in [-0.4, -0.2) is 12.4 Å². The molecule has 2 rings (SSSR count). The molecule has 0 amide bonds. The monoisotopic (exact) mass is 196 g/mol. The van der Waals surface area contributed by atoms with Crippen LogP contribution in [0.2, 0.25) is 6.82 Å². The third-order valence-corrected chi connectivity index (χ3v) is 2.39. The predicted octanol–water partition coefficient (Wildman–Crippen LogP) is 2.69. The van der Waals surface area contributed by atoms with Crippen LogP contribution in [0.1, 0.15) is 5.56 Å². The first kappa shape index (κ1) is 9.78. The Morgan fingerprint density at radius 3 is 3.00 bits per heavy atom. The molecule has 1 aromatic carbocycles. The van der Waals surface area contributed by atoms with Gasteiger partial charge in [0, 0.05) is 17.3 Å². The number of nitrogens with one attached hydrogen (secondary N) is 1. The lowest BCUT2D eigenvalue weighted by atomic mass is 9.98. The summed E-state index contributed by atoms with van der Waals surface area (Å²) in [7, 11) is 0.902. The molecule has 0 bridgehead atoms. The fourth-order valence-electron chi connectivity index (χ4n) is 1.71. The Kier molecular flexibility index (Phi) is 2.72. The summed E-state index contributed by atoms with van der Waals surface area (Å²) in [4.78, 5) is 4.40. The number of para-hydroxylation sites is 1. The Balaban J connectivity index is 2.70. The Hall–Kier alpha value is -1.77. The first-order valence-corrected chi connectivity index (χ1v) is 5.11. The highest BCUT2D eigenvalue weighted by molar-refractivity contribution is 6.39. The highest BCUT2D eigenvalue weighted by atomic mass is 14.8. The molecular weight excluding hydrogens is 183 g/mol. The van der Waals surface area contributed by atoms with E-state index in [0.717, 1.165) is 29.6 Å². The number of aromatic nitrogens is 1. The summed E-state index contributed by atoms with van der Waals surface area (Å²) >= 11 is 0. The summed E-state index contributed by atoms with van der Waals surface area (Å²) in [6, 6.07) is 8.13. The van der Waals surface area contributed by atoms with Crippen LogP contribution >= 0.6 is 0 Å². The predicted molar refractivity (Wildman–Crippen MR) is 68.5 cm³/mol. The van der Waals surface area contributed by atoms with Crippen molar-refractivity contribution < 1.29 is 0 Å². The minimum Gasteiger partial charge on any atom is -0.429 e. The molecule has 74 valence electrons. The minimum atomic E-state index is 0.902. The van der Waals surface area contributed by atoms with E-state index in [4.69, 9.17) is 0 Å². The second kappa shape index (κ2) is 4.17. The smallest absolute Gasteiger partial charge is 0.229 e. The zero-order chi connectivity index (χ0) is 10.7. The summed E-state index contributed by atoms with van der Waals surface area (Å²) < 4.78 is 0. The normalized spacial score (nSPS) is 9.93. The molecule has 0 aliphatic rings. The fourth-order valence-corrected chi connectivity index (χ4v) is 1.71. The van der Waals surface area contributed by atoms with E-state index in [2.05, 4.69) is 29.7 Å². The maximum atomic E-state index is 4.40. The molecular formula is C12H13BN2. The number of hydrogen-bond acceptors (Lipinski definition) is 2. The lowest BCUT2D eigenvalue weighted by molar-refractivity contribution is 1.40. The van der Waals surface area contributed by atoms with Gasteiger partial charge in [0.15, 0.2) is 0 Å². The molecule has 0 fully saturated rings. The van der Waals surface area contributed by atoms with E-state index in [1.165, 1.54) is 0 Å². The number of anilines is 1. The van der Waals surface area contributed by atoms with E-state index in [0.29, 0.717) is 0 Å². The van der Waals surface area contributed by atoms with Crippen molar-refractivity contribution in [3.8, 4) is 0 Å². The van der Waals surface area contributed by atoms with Crippen LogP contribution in [0.4, 0.5) is 5.69 Å². The molecule has 0 radical (unpaired) electrons. The van der Waals surface area contributed by atoms with Gasteiger partial charge in [-0.15, -0.1) is 0 Å². The molecule has 0 aliphatic heterocycles. The third-order valence-electron chi connectivity index (χ3n) is 2.39. The molecule has 1 N–H and O–H groups in total. The highest BCUT2D eigenvalue weighted by Gasteiger charge is 2.02. The number of fused-ring (bicyclic) bond motifs is 1. The van der Waals surface area contributed by atoms with Gasteiger partial charge in [0.1, 0.15) is 0 Å². The summed E-state index contributed by atoms with van der Waals surface area (Å²) in [6.45, 7) is 5.89. The van der Waals surface area contributed by atoms with Gasteiger partial charge in [0.2, 0.25) is 7.41 Å². The minimum absolute atomic E-state index is 0.902. The topological polar surface area (TPSA) is 24.9 Å². The maximum absolute atomic E-state index is 4.40. The number of benzene rings is 1. The first-order chi connectivity index (χ1) is 7.36. The Morgan fingerprint density at radius 2 is 2.27 bits per heavy atom. The summed E-state index contributed by atoms with van der Waals surface area (Å²) in [5.41, 5.74) is 3.22. The molecule has 3 heteroatoms. The van der Waals surface area contributed by atoms with Crippen LogP contribution in [0.3, 0.4) is 0 Å². The van der Waals surface area contributed by atoms with Crippen molar-refractivity contribution in [2.45, 2.75) is 6.82 Å². The van der Waals surface area contributed by atoms with Crippen molar-refractivity contribution in [1.29, 1.82) is 0 Å². The lowest BCUT2D eigenvalue weighted by Crippen LogP contribution is -2.01. The molecule has 0 unspecified atom stereocenters. The molecule has 15 heavy (non-hydrogen) atoms. The van der Waals surface area contributed by atoms with Crippen LogP contribution in [0.5, 0.6) is 0 Å². The van der Waals surface area contributed by atoms with Gasteiger partial charge in [-0.05, 0) is 17.7 Å². The summed E-state index contributed by atoms with van der Waals surface area (Å²) in [5.74, 6) is 0. The van der Waals surface area contributed by atoms with Crippen molar-refractivity contribution in [2.24, 2.45) is 0 Å². The van der Waals surface area contributed by atoms with Crippen molar-refractivity contribution in [3.05, 3.63) is 42.6 Å². The average molecular weight is 196 g/mol. The third kappa shape index (κ3) is 1.73. The van der Waals surface area contributed by atoms with Crippen molar-refractivity contribution >= 4 is 30.1 Å². The lowest BCUT2D eigenvalue weighted by Gasteiger charge is -2.07. The van der Waals surface area contributed by atoms with Crippen molar-refractivity contribution in [3.63, 3.8) is 0 Å². The quantitative estimate of drug-likeness (QED) is 0.763. The van der Waals surface area contributed by atoms with E-state index in [9.17, 15) is 0 Å². The molecule has 0 spiro atoms. The van der Waals surface area contributed by atoms with E-state index in [1.807, 2.05) is 30.5 Å². The van der Waals surface area contributed by atoms with Gasteiger partial charge < -0.3 is 5.23 Å². The second-order valence-electron chi connectivity index (χ2n) is 3.34. The summed E-state index contributed by atoms with van der Waals surface area (Å²) in [6.07, 6.45) is 3.68. The van der Waals surface area contributed by atoms with Gasteiger partial charge in [0.25, 0.3) is 0 Å². The molecule has 0 saturated carbocycles. The molecule has 0 atom stereocenters. The molecule has 0 aliphatic carbocycles. The standard InChI is InChI=1S/C12H13BN2/c1-3-9-7-8-14-12-10(9)5-4-6-11(12)15-13-2/h3-8,13,15H,1H2,2H3. The van der Waals surface area contributed by atoms with Gasteiger partial charge in [-0.1, -0.05) is 31.6 Å². The summed E-state index contributed by atoms with van der Waals surface area (Å²) in [5, 5.41) is 4.45. The molecule has 0 saturated heterocycles. The Bertz CT molecular complexity index is 494. The van der Waals surface area contributed by atoms with Gasteiger partial charge in [0.05, 0.1) is 5.52 Å². The van der Waals surface area contributed by atoms with E-state index >= 15 is 0 Å².